The summed E-state index contributed by atoms with van der Waals surface area (Å²) < 4.78 is 0. The molecule has 5 heteroatoms. The number of halogens is 1. The van der Waals surface area contributed by atoms with E-state index in [4.69, 9.17) is 11.6 Å². The van der Waals surface area contributed by atoms with Crippen molar-refractivity contribution >= 4 is 40.6 Å². The van der Waals surface area contributed by atoms with E-state index in [1.165, 1.54) is 24.9 Å². The summed E-state index contributed by atoms with van der Waals surface area (Å²) in [7, 11) is 0. The normalized spacial score (nSPS) is 15.5. The Bertz CT molecular complexity index is 712. The molecule has 2 aromatic rings. The molecule has 0 aliphatic carbocycles. The van der Waals surface area contributed by atoms with E-state index in [0.717, 1.165) is 30.1 Å². The molecule has 0 aromatic heterocycles. The van der Waals surface area contributed by atoms with Crippen molar-refractivity contribution in [1.82, 2.24) is 0 Å². The summed E-state index contributed by atoms with van der Waals surface area (Å²) in [6.45, 7) is 4.29. The first kappa shape index (κ1) is 19.1. The zero-order valence-electron chi connectivity index (χ0n) is 15.1. The molecule has 2 aromatic carbocycles. The van der Waals surface area contributed by atoms with E-state index in [-0.39, 0.29) is 11.2 Å². The molecule has 1 amide bonds. The van der Waals surface area contributed by atoms with Crippen LogP contribution in [0, 0.1) is 0 Å². The van der Waals surface area contributed by atoms with Crippen LogP contribution in [0.25, 0.3) is 0 Å². The Morgan fingerprint density at radius 2 is 1.73 bits per heavy atom. The van der Waals surface area contributed by atoms with Crippen LogP contribution in [-0.2, 0) is 4.79 Å². The SMILES string of the molecule is CC[C@H](Sc1ccc(Cl)cc1)C(=O)Nc1ccc(N2CCCCC2)cc1. The molecular weight excluding hydrogens is 364 g/mol. The van der Waals surface area contributed by atoms with Gasteiger partial charge in [0.05, 0.1) is 5.25 Å². The molecule has 26 heavy (non-hydrogen) atoms. The van der Waals surface area contributed by atoms with Crippen molar-refractivity contribution in [3.05, 3.63) is 53.6 Å². The number of thioether (sulfide) groups is 1. The third-order valence-corrected chi connectivity index (χ3v) is 6.24. The predicted molar refractivity (Wildman–Crippen MR) is 113 cm³/mol. The molecule has 138 valence electrons. The van der Waals surface area contributed by atoms with Crippen molar-refractivity contribution in [3.63, 3.8) is 0 Å². The fraction of sp³-hybridized carbons (Fsp3) is 0.381. The van der Waals surface area contributed by atoms with Gasteiger partial charge in [-0.1, -0.05) is 18.5 Å². The van der Waals surface area contributed by atoms with Crippen molar-refractivity contribution < 1.29 is 4.79 Å². The third-order valence-electron chi connectivity index (χ3n) is 4.61. The van der Waals surface area contributed by atoms with Gasteiger partial charge in [-0.05, 0) is 74.2 Å². The number of benzene rings is 2. The Morgan fingerprint density at radius 3 is 2.35 bits per heavy atom. The molecule has 0 radical (unpaired) electrons. The highest BCUT2D eigenvalue weighted by atomic mass is 35.5. The molecule has 1 aliphatic heterocycles. The largest absolute Gasteiger partial charge is 0.372 e. The number of piperidine rings is 1. The Kier molecular flexibility index (Phi) is 6.86. The van der Waals surface area contributed by atoms with Crippen molar-refractivity contribution in [1.29, 1.82) is 0 Å². The van der Waals surface area contributed by atoms with Crippen LogP contribution >= 0.6 is 23.4 Å². The minimum Gasteiger partial charge on any atom is -0.372 e. The molecule has 1 aliphatic rings. The number of hydrogen-bond acceptors (Lipinski definition) is 3. The van der Waals surface area contributed by atoms with Gasteiger partial charge in [0.1, 0.15) is 0 Å². The fourth-order valence-corrected chi connectivity index (χ4v) is 4.21. The summed E-state index contributed by atoms with van der Waals surface area (Å²) in [5, 5.41) is 3.63. The van der Waals surface area contributed by atoms with E-state index in [9.17, 15) is 4.79 Å². The molecule has 1 fully saturated rings. The first-order valence-electron chi connectivity index (χ1n) is 9.24. The molecule has 3 nitrogen and oxygen atoms in total. The topological polar surface area (TPSA) is 32.3 Å². The van der Waals surface area contributed by atoms with Gasteiger partial charge < -0.3 is 10.2 Å². The summed E-state index contributed by atoms with van der Waals surface area (Å²) in [6, 6.07) is 15.8. The molecule has 0 bridgehead atoms. The number of nitrogens with one attached hydrogen (secondary N) is 1. The van der Waals surface area contributed by atoms with Crippen molar-refractivity contribution in [2.24, 2.45) is 0 Å². The summed E-state index contributed by atoms with van der Waals surface area (Å²) in [5.74, 6) is 0.0400. The van der Waals surface area contributed by atoms with Crippen LogP contribution in [0.4, 0.5) is 11.4 Å². The van der Waals surface area contributed by atoms with Crippen molar-refractivity contribution in [2.75, 3.05) is 23.3 Å². The van der Waals surface area contributed by atoms with E-state index in [0.29, 0.717) is 5.02 Å². The van der Waals surface area contributed by atoms with Gasteiger partial charge in [-0.3, -0.25) is 4.79 Å². The van der Waals surface area contributed by atoms with Crippen LogP contribution in [-0.4, -0.2) is 24.2 Å². The van der Waals surface area contributed by atoms with Gasteiger partial charge in [-0.15, -0.1) is 11.8 Å². The number of rotatable bonds is 6. The Hall–Kier alpha value is -1.65. The number of hydrogen-bond donors (Lipinski definition) is 1. The monoisotopic (exact) mass is 388 g/mol. The average molecular weight is 389 g/mol. The second-order valence-corrected chi connectivity index (χ2v) is 8.27. The number of nitrogens with zero attached hydrogens (tertiary/aromatic N) is 1. The molecule has 1 saturated heterocycles. The van der Waals surface area contributed by atoms with E-state index < -0.39 is 0 Å². The van der Waals surface area contributed by atoms with E-state index in [2.05, 4.69) is 22.3 Å². The number of carbonyl (C=O) groups excluding carboxylic acids is 1. The highest BCUT2D eigenvalue weighted by Crippen LogP contribution is 2.28. The van der Waals surface area contributed by atoms with Gasteiger partial charge in [0.2, 0.25) is 5.91 Å². The van der Waals surface area contributed by atoms with Crippen molar-refractivity contribution in [2.45, 2.75) is 42.8 Å². The van der Waals surface area contributed by atoms with E-state index in [1.807, 2.05) is 43.3 Å². The number of carbonyl (C=O) groups is 1. The molecule has 0 unspecified atom stereocenters. The van der Waals surface area contributed by atoms with Gasteiger partial charge >= 0.3 is 0 Å². The van der Waals surface area contributed by atoms with Crippen LogP contribution in [0.2, 0.25) is 5.02 Å². The lowest BCUT2D eigenvalue weighted by molar-refractivity contribution is -0.115. The minimum absolute atomic E-state index is 0.0400. The molecule has 1 heterocycles. The lowest BCUT2D eigenvalue weighted by Gasteiger charge is -2.28. The van der Waals surface area contributed by atoms with Crippen LogP contribution in [0.15, 0.2) is 53.4 Å². The molecule has 0 spiro atoms. The summed E-state index contributed by atoms with van der Waals surface area (Å²) in [6.07, 6.45) is 4.62. The minimum atomic E-state index is -0.127. The van der Waals surface area contributed by atoms with E-state index >= 15 is 0 Å². The zero-order chi connectivity index (χ0) is 18.4. The second-order valence-electron chi connectivity index (χ2n) is 6.55. The van der Waals surface area contributed by atoms with Gasteiger partial charge in [0.15, 0.2) is 0 Å². The van der Waals surface area contributed by atoms with Crippen molar-refractivity contribution in [3.8, 4) is 0 Å². The standard InChI is InChI=1S/C21H25ClN2OS/c1-2-20(26-19-12-6-16(22)7-13-19)21(25)23-17-8-10-18(11-9-17)24-14-4-3-5-15-24/h6-13,20H,2-5,14-15H2,1H3,(H,23,25)/t20-/m0/s1. The second kappa shape index (κ2) is 9.33. The first-order chi connectivity index (χ1) is 12.7. The van der Waals surface area contributed by atoms with Crippen LogP contribution in [0.3, 0.4) is 0 Å². The molecule has 1 atom stereocenters. The Labute approximate surface area is 165 Å². The summed E-state index contributed by atoms with van der Waals surface area (Å²) in [4.78, 5) is 16.1. The Balaban J connectivity index is 1.59. The average Bonchev–Trinajstić information content (AvgIpc) is 2.68. The summed E-state index contributed by atoms with van der Waals surface area (Å²) in [5.41, 5.74) is 2.09. The molecule has 1 N–H and O–H groups in total. The smallest absolute Gasteiger partial charge is 0.237 e. The maximum Gasteiger partial charge on any atom is 0.237 e. The zero-order valence-corrected chi connectivity index (χ0v) is 16.7. The van der Waals surface area contributed by atoms with E-state index in [1.54, 1.807) is 11.8 Å². The molecule has 0 saturated carbocycles. The number of anilines is 2. The fourth-order valence-electron chi connectivity index (χ4n) is 3.13. The Morgan fingerprint density at radius 1 is 1.08 bits per heavy atom. The lowest BCUT2D eigenvalue weighted by Crippen LogP contribution is -2.29. The highest BCUT2D eigenvalue weighted by molar-refractivity contribution is 8.00. The predicted octanol–water partition coefficient (Wildman–Crippen LogP) is 5.84. The van der Waals surface area contributed by atoms with Gasteiger partial charge in [0.25, 0.3) is 0 Å². The van der Waals surface area contributed by atoms with Crippen LogP contribution in [0.5, 0.6) is 0 Å². The molecular formula is C21H25ClN2OS. The van der Waals surface area contributed by atoms with Crippen LogP contribution < -0.4 is 10.2 Å². The van der Waals surface area contributed by atoms with Gasteiger partial charge in [0, 0.05) is 34.4 Å². The van der Waals surface area contributed by atoms with Gasteiger partial charge in [-0.2, -0.15) is 0 Å². The van der Waals surface area contributed by atoms with Crippen LogP contribution in [0.1, 0.15) is 32.6 Å². The lowest BCUT2D eigenvalue weighted by atomic mass is 10.1. The quantitative estimate of drug-likeness (QED) is 0.631. The third kappa shape index (κ3) is 5.18. The van der Waals surface area contributed by atoms with Gasteiger partial charge in [-0.25, -0.2) is 0 Å². The first-order valence-corrected chi connectivity index (χ1v) is 10.5. The molecule has 3 rings (SSSR count). The highest BCUT2D eigenvalue weighted by Gasteiger charge is 2.18. The maximum atomic E-state index is 12.6. The summed E-state index contributed by atoms with van der Waals surface area (Å²) >= 11 is 7.50. The maximum absolute atomic E-state index is 12.6. The number of amides is 1.